The molecule has 0 aromatic rings. The second-order valence-corrected chi connectivity index (χ2v) is 5.89. The maximum absolute atomic E-state index is 12.0. The van der Waals surface area contributed by atoms with Gasteiger partial charge in [0.05, 0.1) is 0 Å². The van der Waals surface area contributed by atoms with Crippen LogP contribution < -0.4 is 0 Å². The second-order valence-electron chi connectivity index (χ2n) is 5.89. The van der Waals surface area contributed by atoms with Crippen molar-refractivity contribution < 1.29 is 9.53 Å². The molecular weight excluding hydrogens is 236 g/mol. The summed E-state index contributed by atoms with van der Waals surface area (Å²) in [7, 11) is 0. The zero-order valence-electron chi connectivity index (χ0n) is 12.7. The van der Waals surface area contributed by atoms with E-state index in [-0.39, 0.29) is 12.1 Å². The number of ether oxygens (including phenoxy) is 1. The van der Waals surface area contributed by atoms with Gasteiger partial charge in [0.15, 0.2) is 0 Å². The Bertz CT molecular complexity index is 277. The van der Waals surface area contributed by atoms with E-state index in [0.717, 1.165) is 25.7 Å². The topological polar surface area (TPSA) is 26.3 Å². The summed E-state index contributed by atoms with van der Waals surface area (Å²) in [5, 5.41) is 0. The molecule has 1 atom stereocenters. The molecule has 0 bridgehead atoms. The highest BCUT2D eigenvalue weighted by molar-refractivity contribution is 5.87. The number of unbranched alkanes of at least 4 members (excludes halogenated alkanes) is 1. The Balaban J connectivity index is 2.31. The standard InChI is InChI=1S/C17H30O2/c1-4-6-10-15(5-2)13-14(3)17(18)19-16-11-8-7-9-12-16/h15-16H,3-13H2,1-2H3. The first-order chi connectivity index (χ1) is 9.17. The minimum atomic E-state index is -0.151. The van der Waals surface area contributed by atoms with Crippen molar-refractivity contribution in [1.29, 1.82) is 0 Å². The Kier molecular flexibility index (Phi) is 7.85. The highest BCUT2D eigenvalue weighted by Crippen LogP contribution is 2.24. The average Bonchev–Trinajstić information content (AvgIpc) is 2.44. The molecule has 1 rings (SSSR count). The highest BCUT2D eigenvalue weighted by atomic mass is 16.5. The predicted molar refractivity (Wildman–Crippen MR) is 80.0 cm³/mol. The third-order valence-corrected chi connectivity index (χ3v) is 4.19. The third-order valence-electron chi connectivity index (χ3n) is 4.19. The molecule has 2 heteroatoms. The molecule has 1 saturated carbocycles. The molecule has 0 radical (unpaired) electrons. The van der Waals surface area contributed by atoms with Crippen LogP contribution in [0.5, 0.6) is 0 Å². The van der Waals surface area contributed by atoms with Crippen molar-refractivity contribution in [2.24, 2.45) is 5.92 Å². The van der Waals surface area contributed by atoms with Crippen LogP contribution >= 0.6 is 0 Å². The lowest BCUT2D eigenvalue weighted by molar-refractivity contribution is -0.146. The van der Waals surface area contributed by atoms with Crippen molar-refractivity contribution in [2.45, 2.75) is 84.2 Å². The van der Waals surface area contributed by atoms with Crippen LogP contribution in [-0.2, 0) is 9.53 Å². The Morgan fingerprint density at radius 1 is 1.26 bits per heavy atom. The van der Waals surface area contributed by atoms with E-state index in [4.69, 9.17) is 4.74 Å². The van der Waals surface area contributed by atoms with Crippen LogP contribution in [0.25, 0.3) is 0 Å². The summed E-state index contributed by atoms with van der Waals surface area (Å²) in [6, 6.07) is 0. The first-order valence-electron chi connectivity index (χ1n) is 8.06. The average molecular weight is 266 g/mol. The summed E-state index contributed by atoms with van der Waals surface area (Å²) in [5.74, 6) is 0.438. The first kappa shape index (κ1) is 16.3. The Morgan fingerprint density at radius 2 is 1.95 bits per heavy atom. The van der Waals surface area contributed by atoms with E-state index in [1.807, 2.05) is 0 Å². The monoisotopic (exact) mass is 266 g/mol. The lowest BCUT2D eigenvalue weighted by Crippen LogP contribution is -2.22. The summed E-state index contributed by atoms with van der Waals surface area (Å²) < 4.78 is 5.56. The Hall–Kier alpha value is -0.790. The smallest absolute Gasteiger partial charge is 0.333 e. The molecule has 0 aromatic carbocycles. The first-order valence-corrected chi connectivity index (χ1v) is 8.06. The fourth-order valence-corrected chi connectivity index (χ4v) is 2.79. The molecule has 19 heavy (non-hydrogen) atoms. The van der Waals surface area contributed by atoms with Crippen LogP contribution in [0, 0.1) is 5.92 Å². The Labute approximate surface area is 118 Å². The summed E-state index contributed by atoms with van der Waals surface area (Å²) in [4.78, 5) is 12.0. The molecule has 0 saturated heterocycles. The number of esters is 1. The van der Waals surface area contributed by atoms with Gasteiger partial charge in [0.25, 0.3) is 0 Å². The van der Waals surface area contributed by atoms with Gasteiger partial charge in [-0.15, -0.1) is 0 Å². The zero-order valence-corrected chi connectivity index (χ0v) is 12.7. The maximum atomic E-state index is 12.0. The van der Waals surface area contributed by atoms with Crippen LogP contribution in [0.1, 0.15) is 78.1 Å². The fraction of sp³-hybridized carbons (Fsp3) is 0.824. The minimum Gasteiger partial charge on any atom is -0.459 e. The SMILES string of the molecule is C=C(CC(CC)CCCC)C(=O)OC1CCCCC1. The van der Waals surface area contributed by atoms with Gasteiger partial charge in [0.2, 0.25) is 0 Å². The normalized spacial score (nSPS) is 18.0. The van der Waals surface area contributed by atoms with Crippen LogP contribution in [0.15, 0.2) is 12.2 Å². The van der Waals surface area contributed by atoms with Crippen molar-refractivity contribution in [3.05, 3.63) is 12.2 Å². The van der Waals surface area contributed by atoms with Gasteiger partial charge in [0.1, 0.15) is 6.10 Å². The number of carbonyl (C=O) groups excluding carboxylic acids is 1. The van der Waals surface area contributed by atoms with Gasteiger partial charge in [-0.3, -0.25) is 0 Å². The molecule has 1 fully saturated rings. The molecule has 1 aliphatic rings. The highest BCUT2D eigenvalue weighted by Gasteiger charge is 2.20. The largest absolute Gasteiger partial charge is 0.459 e. The maximum Gasteiger partial charge on any atom is 0.333 e. The molecule has 0 heterocycles. The summed E-state index contributed by atoms with van der Waals surface area (Å²) in [6.45, 7) is 8.34. The third kappa shape index (κ3) is 6.26. The van der Waals surface area contributed by atoms with Crippen molar-refractivity contribution in [3.63, 3.8) is 0 Å². The second kappa shape index (κ2) is 9.17. The van der Waals surface area contributed by atoms with Gasteiger partial charge in [-0.05, 0) is 38.0 Å². The number of hydrogen-bond donors (Lipinski definition) is 0. The number of hydrogen-bond acceptors (Lipinski definition) is 2. The van der Waals surface area contributed by atoms with E-state index >= 15 is 0 Å². The van der Waals surface area contributed by atoms with Crippen molar-refractivity contribution in [1.82, 2.24) is 0 Å². The van der Waals surface area contributed by atoms with E-state index < -0.39 is 0 Å². The summed E-state index contributed by atoms with van der Waals surface area (Å²) in [6.07, 6.45) is 11.5. The van der Waals surface area contributed by atoms with Crippen LogP contribution in [0.4, 0.5) is 0 Å². The van der Waals surface area contributed by atoms with E-state index in [0.29, 0.717) is 11.5 Å². The van der Waals surface area contributed by atoms with E-state index in [1.165, 1.54) is 38.5 Å². The van der Waals surface area contributed by atoms with E-state index in [1.54, 1.807) is 0 Å². The van der Waals surface area contributed by atoms with Crippen LogP contribution in [0.3, 0.4) is 0 Å². The molecule has 1 aliphatic carbocycles. The van der Waals surface area contributed by atoms with E-state index in [2.05, 4.69) is 20.4 Å². The molecule has 1 unspecified atom stereocenters. The molecule has 0 N–H and O–H groups in total. The summed E-state index contributed by atoms with van der Waals surface area (Å²) >= 11 is 0. The lowest BCUT2D eigenvalue weighted by Gasteiger charge is -2.23. The van der Waals surface area contributed by atoms with Crippen LogP contribution in [-0.4, -0.2) is 12.1 Å². The molecule has 0 amide bonds. The van der Waals surface area contributed by atoms with Gasteiger partial charge in [0, 0.05) is 5.57 Å². The van der Waals surface area contributed by atoms with Crippen LogP contribution in [0.2, 0.25) is 0 Å². The molecule has 2 nitrogen and oxygen atoms in total. The van der Waals surface area contributed by atoms with Crippen molar-refractivity contribution >= 4 is 5.97 Å². The molecule has 0 aromatic heterocycles. The molecule has 110 valence electrons. The minimum absolute atomic E-state index is 0.147. The number of rotatable bonds is 8. The van der Waals surface area contributed by atoms with Gasteiger partial charge >= 0.3 is 5.97 Å². The zero-order chi connectivity index (χ0) is 14.1. The summed E-state index contributed by atoms with van der Waals surface area (Å²) in [5.41, 5.74) is 0.675. The molecular formula is C17H30O2. The quantitative estimate of drug-likeness (QED) is 0.455. The Morgan fingerprint density at radius 3 is 2.53 bits per heavy atom. The van der Waals surface area contributed by atoms with Gasteiger partial charge < -0.3 is 4.74 Å². The fourth-order valence-electron chi connectivity index (χ4n) is 2.79. The van der Waals surface area contributed by atoms with Gasteiger partial charge in [-0.25, -0.2) is 4.79 Å². The van der Waals surface area contributed by atoms with Gasteiger partial charge in [-0.2, -0.15) is 0 Å². The van der Waals surface area contributed by atoms with E-state index in [9.17, 15) is 4.79 Å². The van der Waals surface area contributed by atoms with Crippen molar-refractivity contribution in [3.8, 4) is 0 Å². The molecule has 0 spiro atoms. The lowest BCUT2D eigenvalue weighted by atomic mass is 9.92. The van der Waals surface area contributed by atoms with Crippen molar-refractivity contribution in [2.75, 3.05) is 0 Å². The van der Waals surface area contributed by atoms with Gasteiger partial charge in [-0.1, -0.05) is 52.5 Å². The predicted octanol–water partition coefficient (Wildman–Crippen LogP) is 5.03. The number of carbonyl (C=O) groups is 1. The molecule has 0 aliphatic heterocycles.